The molecule has 8 heteroatoms. The second kappa shape index (κ2) is 7.53. The molecule has 3 unspecified atom stereocenters. The largest absolute Gasteiger partial charge is 0.481 e. The van der Waals surface area contributed by atoms with Crippen molar-refractivity contribution in [1.82, 2.24) is 0 Å². The van der Waals surface area contributed by atoms with Gasteiger partial charge in [-0.15, -0.1) is 0 Å². The van der Waals surface area contributed by atoms with Crippen molar-refractivity contribution in [3.63, 3.8) is 0 Å². The summed E-state index contributed by atoms with van der Waals surface area (Å²) in [6.45, 7) is 0.965. The highest BCUT2D eigenvalue weighted by molar-refractivity contribution is 9.10. The zero-order valence-electron chi connectivity index (χ0n) is 11.3. The fourth-order valence-corrected chi connectivity index (χ4v) is 3.23. The van der Waals surface area contributed by atoms with Gasteiger partial charge in [0.15, 0.2) is 5.75 Å². The predicted octanol–water partition coefficient (Wildman–Crippen LogP) is 3.30. The van der Waals surface area contributed by atoms with Crippen LogP contribution in [-0.4, -0.2) is 42.3 Å². The minimum Gasteiger partial charge on any atom is -0.481 e. The fourth-order valence-electron chi connectivity index (χ4n) is 2.02. The molecule has 1 fully saturated rings. The maximum Gasteiger partial charge on any atom is 0.312 e. The standard InChI is InChI=1S/C13H15Br2NO5/c1-19-4-5-20-13-9(15)7-12(13)21-11-3-2-8(14)6-10(11)16(17)18/h2-3,6,9,12-13H,4-5,7H2,1H3. The maximum atomic E-state index is 11.1. The minimum absolute atomic E-state index is 0.0574. The monoisotopic (exact) mass is 423 g/mol. The maximum absolute atomic E-state index is 11.1. The van der Waals surface area contributed by atoms with Gasteiger partial charge in [-0.1, -0.05) is 31.9 Å². The minimum atomic E-state index is -0.453. The van der Waals surface area contributed by atoms with Crippen LogP contribution in [0.5, 0.6) is 5.75 Å². The Morgan fingerprint density at radius 1 is 1.43 bits per heavy atom. The molecule has 0 aromatic heterocycles. The molecule has 0 saturated heterocycles. The Hall–Kier alpha value is -0.700. The van der Waals surface area contributed by atoms with Gasteiger partial charge in [-0.3, -0.25) is 10.1 Å². The Balaban J connectivity index is 2.03. The molecule has 3 atom stereocenters. The second-order valence-electron chi connectivity index (χ2n) is 4.61. The average Bonchev–Trinajstić information content (AvgIpc) is 2.44. The number of nitro groups is 1. The van der Waals surface area contributed by atoms with Crippen LogP contribution in [0.1, 0.15) is 6.42 Å². The molecule has 1 aromatic carbocycles. The first-order valence-corrected chi connectivity index (χ1v) is 8.09. The number of rotatable bonds is 7. The Labute approximate surface area is 139 Å². The van der Waals surface area contributed by atoms with Crippen molar-refractivity contribution in [3.8, 4) is 5.75 Å². The molecule has 0 N–H and O–H groups in total. The quantitative estimate of drug-likeness (QED) is 0.290. The highest BCUT2D eigenvalue weighted by Gasteiger charge is 2.43. The summed E-state index contributed by atoms with van der Waals surface area (Å²) >= 11 is 6.72. The van der Waals surface area contributed by atoms with Crippen LogP contribution >= 0.6 is 31.9 Å². The van der Waals surface area contributed by atoms with Gasteiger partial charge in [0, 0.05) is 28.9 Å². The van der Waals surface area contributed by atoms with Gasteiger partial charge >= 0.3 is 5.69 Å². The van der Waals surface area contributed by atoms with Gasteiger partial charge in [0.05, 0.1) is 18.1 Å². The van der Waals surface area contributed by atoms with Gasteiger partial charge in [0.25, 0.3) is 0 Å². The van der Waals surface area contributed by atoms with E-state index < -0.39 is 4.92 Å². The SMILES string of the molecule is COCCOC1C(Br)CC1Oc1ccc(Br)cc1[N+](=O)[O-]. The van der Waals surface area contributed by atoms with Crippen LogP contribution in [0.2, 0.25) is 0 Å². The molecular formula is C13H15Br2NO5. The molecule has 116 valence electrons. The molecule has 1 aliphatic rings. The van der Waals surface area contributed by atoms with Gasteiger partial charge in [-0.25, -0.2) is 0 Å². The second-order valence-corrected chi connectivity index (χ2v) is 6.70. The molecule has 0 heterocycles. The number of nitro benzene ring substituents is 1. The first-order valence-electron chi connectivity index (χ1n) is 6.38. The third-order valence-electron chi connectivity index (χ3n) is 3.17. The number of hydrogen-bond donors (Lipinski definition) is 0. The number of nitrogens with zero attached hydrogens (tertiary/aromatic N) is 1. The van der Waals surface area contributed by atoms with E-state index in [-0.39, 0.29) is 28.5 Å². The van der Waals surface area contributed by atoms with Crippen molar-refractivity contribution in [2.75, 3.05) is 20.3 Å². The van der Waals surface area contributed by atoms with Gasteiger partial charge < -0.3 is 14.2 Å². The van der Waals surface area contributed by atoms with E-state index in [1.807, 2.05) is 0 Å². The van der Waals surface area contributed by atoms with Gasteiger partial charge in [-0.05, 0) is 12.1 Å². The summed E-state index contributed by atoms with van der Waals surface area (Å²) < 4.78 is 17.0. The highest BCUT2D eigenvalue weighted by Crippen LogP contribution is 2.37. The van der Waals surface area contributed by atoms with E-state index in [1.165, 1.54) is 6.07 Å². The molecule has 0 amide bonds. The van der Waals surface area contributed by atoms with Gasteiger partial charge in [0.1, 0.15) is 12.2 Å². The van der Waals surface area contributed by atoms with E-state index in [1.54, 1.807) is 19.2 Å². The fraction of sp³-hybridized carbons (Fsp3) is 0.538. The van der Waals surface area contributed by atoms with Crippen molar-refractivity contribution in [2.24, 2.45) is 0 Å². The van der Waals surface area contributed by atoms with Crippen LogP contribution in [0, 0.1) is 10.1 Å². The lowest BCUT2D eigenvalue weighted by molar-refractivity contribution is -0.386. The van der Waals surface area contributed by atoms with Gasteiger partial charge in [-0.2, -0.15) is 0 Å². The van der Waals surface area contributed by atoms with Gasteiger partial charge in [0.2, 0.25) is 0 Å². The smallest absolute Gasteiger partial charge is 0.312 e. The lowest BCUT2D eigenvalue weighted by atomic mass is 9.91. The predicted molar refractivity (Wildman–Crippen MR) is 84.2 cm³/mol. The van der Waals surface area contributed by atoms with E-state index in [2.05, 4.69) is 31.9 Å². The van der Waals surface area contributed by atoms with Crippen LogP contribution in [0.15, 0.2) is 22.7 Å². The zero-order chi connectivity index (χ0) is 15.4. The highest BCUT2D eigenvalue weighted by atomic mass is 79.9. The Bertz CT molecular complexity index is 513. The summed E-state index contributed by atoms with van der Waals surface area (Å²) in [6, 6.07) is 4.74. The van der Waals surface area contributed by atoms with Crippen molar-refractivity contribution in [2.45, 2.75) is 23.5 Å². The summed E-state index contributed by atoms with van der Waals surface area (Å²) in [7, 11) is 1.61. The molecular weight excluding hydrogens is 410 g/mol. The molecule has 1 saturated carbocycles. The van der Waals surface area contributed by atoms with Crippen molar-refractivity contribution in [1.29, 1.82) is 0 Å². The van der Waals surface area contributed by atoms with E-state index in [4.69, 9.17) is 14.2 Å². The molecule has 1 aliphatic carbocycles. The van der Waals surface area contributed by atoms with Crippen LogP contribution < -0.4 is 4.74 Å². The number of benzene rings is 1. The zero-order valence-corrected chi connectivity index (χ0v) is 14.5. The average molecular weight is 425 g/mol. The first kappa shape index (κ1) is 16.7. The Kier molecular flexibility index (Phi) is 5.98. The molecule has 2 rings (SSSR count). The number of hydrogen-bond acceptors (Lipinski definition) is 5. The normalized spacial score (nSPS) is 24.4. The van der Waals surface area contributed by atoms with Crippen molar-refractivity contribution >= 4 is 37.5 Å². The molecule has 21 heavy (non-hydrogen) atoms. The Morgan fingerprint density at radius 3 is 2.81 bits per heavy atom. The van der Waals surface area contributed by atoms with Crippen LogP contribution in [0.25, 0.3) is 0 Å². The van der Waals surface area contributed by atoms with E-state index in [0.717, 1.165) is 6.42 Å². The lowest BCUT2D eigenvalue weighted by Crippen LogP contribution is -2.52. The third-order valence-corrected chi connectivity index (χ3v) is 4.56. The van der Waals surface area contributed by atoms with Crippen molar-refractivity contribution < 1.29 is 19.1 Å². The molecule has 0 spiro atoms. The summed E-state index contributed by atoms with van der Waals surface area (Å²) in [4.78, 5) is 10.8. The van der Waals surface area contributed by atoms with E-state index >= 15 is 0 Å². The van der Waals surface area contributed by atoms with Crippen molar-refractivity contribution in [3.05, 3.63) is 32.8 Å². The number of halogens is 2. The molecule has 0 aliphatic heterocycles. The first-order chi connectivity index (χ1) is 10.0. The van der Waals surface area contributed by atoms with E-state index in [0.29, 0.717) is 17.7 Å². The molecule has 1 aromatic rings. The molecule has 6 nitrogen and oxygen atoms in total. The van der Waals surface area contributed by atoms with E-state index in [9.17, 15) is 10.1 Å². The number of methoxy groups -OCH3 is 1. The topological polar surface area (TPSA) is 70.8 Å². The summed E-state index contributed by atoms with van der Waals surface area (Å²) in [5.74, 6) is 0.257. The third kappa shape index (κ3) is 4.15. The number of alkyl halides is 1. The Morgan fingerprint density at radius 2 is 2.19 bits per heavy atom. The molecule has 0 bridgehead atoms. The molecule has 0 radical (unpaired) electrons. The lowest BCUT2D eigenvalue weighted by Gasteiger charge is -2.40. The van der Waals surface area contributed by atoms with Crippen LogP contribution in [-0.2, 0) is 9.47 Å². The summed E-state index contributed by atoms with van der Waals surface area (Å²) in [5, 5.41) is 11.1. The van der Waals surface area contributed by atoms with Crippen LogP contribution in [0.4, 0.5) is 5.69 Å². The number of ether oxygens (including phenoxy) is 3. The summed E-state index contributed by atoms with van der Waals surface area (Å²) in [5.41, 5.74) is -0.0574. The van der Waals surface area contributed by atoms with Crippen LogP contribution in [0.3, 0.4) is 0 Å². The summed E-state index contributed by atoms with van der Waals surface area (Å²) in [6.07, 6.45) is 0.403.